The average Bonchev–Trinajstić information content (AvgIpc) is 2.93. The molecule has 0 fully saturated rings. The monoisotopic (exact) mass is 332 g/mol. The van der Waals surface area contributed by atoms with Crippen molar-refractivity contribution in [3.05, 3.63) is 46.9 Å². The molecule has 1 aromatic carbocycles. The van der Waals surface area contributed by atoms with Crippen molar-refractivity contribution < 1.29 is 22.0 Å². The van der Waals surface area contributed by atoms with Gasteiger partial charge >= 0.3 is 0 Å². The Morgan fingerprint density at radius 1 is 1.29 bits per heavy atom. The minimum atomic E-state index is -3.76. The Balaban J connectivity index is 2.19. The summed E-state index contributed by atoms with van der Waals surface area (Å²) in [6.07, 6.45) is 0. The minimum absolute atomic E-state index is 0.148. The maximum Gasteiger partial charge on any atom is 0.291 e. The maximum atomic E-state index is 13.0. The molecule has 0 saturated heterocycles. The smallest absolute Gasteiger partial charge is 0.291 e. The zero-order valence-corrected chi connectivity index (χ0v) is 12.3. The first-order chi connectivity index (χ1) is 9.83. The number of hydrogen-bond acceptors (Lipinski definition) is 4. The summed E-state index contributed by atoms with van der Waals surface area (Å²) in [6, 6.07) is 6.00. The van der Waals surface area contributed by atoms with Crippen LogP contribution in [0.2, 0.25) is 5.02 Å². The standard InChI is InChI=1S/C12H10ClFN2O4S/c1-15-21(18,19)11-5-4-10(20-11)12(17)16-7-2-3-9(14)8(13)6-7/h2-6,15H,1H3,(H,16,17). The quantitative estimate of drug-likeness (QED) is 0.898. The van der Waals surface area contributed by atoms with Crippen LogP contribution in [-0.2, 0) is 10.0 Å². The van der Waals surface area contributed by atoms with Crippen LogP contribution in [0.5, 0.6) is 0 Å². The Morgan fingerprint density at radius 3 is 2.62 bits per heavy atom. The zero-order chi connectivity index (χ0) is 15.6. The van der Waals surface area contributed by atoms with Gasteiger partial charge in [-0.05, 0) is 37.4 Å². The van der Waals surface area contributed by atoms with Gasteiger partial charge in [-0.2, -0.15) is 0 Å². The molecular formula is C12H10ClFN2O4S. The van der Waals surface area contributed by atoms with Crippen molar-refractivity contribution in [2.75, 3.05) is 12.4 Å². The fourth-order valence-corrected chi connectivity index (χ4v) is 2.28. The lowest BCUT2D eigenvalue weighted by Crippen LogP contribution is -2.18. The van der Waals surface area contributed by atoms with Crippen molar-refractivity contribution in [3.63, 3.8) is 0 Å². The topological polar surface area (TPSA) is 88.4 Å². The van der Waals surface area contributed by atoms with Gasteiger partial charge in [0.25, 0.3) is 15.9 Å². The molecule has 0 aliphatic heterocycles. The number of rotatable bonds is 4. The Labute approximate surface area is 125 Å². The van der Waals surface area contributed by atoms with Gasteiger partial charge in [0.05, 0.1) is 5.02 Å². The molecule has 0 bridgehead atoms. The van der Waals surface area contributed by atoms with Crippen LogP contribution in [0.3, 0.4) is 0 Å². The van der Waals surface area contributed by atoms with E-state index in [2.05, 4.69) is 10.0 Å². The first-order valence-corrected chi connectivity index (χ1v) is 7.49. The molecule has 0 saturated carbocycles. The third-order valence-electron chi connectivity index (χ3n) is 2.52. The van der Waals surface area contributed by atoms with Crippen molar-refractivity contribution in [2.45, 2.75) is 5.09 Å². The van der Waals surface area contributed by atoms with Crippen molar-refractivity contribution >= 4 is 33.2 Å². The predicted octanol–water partition coefficient (Wildman–Crippen LogP) is 2.23. The second-order valence-electron chi connectivity index (χ2n) is 3.91. The third-order valence-corrected chi connectivity index (χ3v) is 4.09. The van der Waals surface area contributed by atoms with Gasteiger partial charge < -0.3 is 9.73 Å². The Morgan fingerprint density at radius 2 is 2.00 bits per heavy atom. The second-order valence-corrected chi connectivity index (χ2v) is 6.13. The number of halogens is 2. The number of carbonyl (C=O) groups is 1. The van der Waals surface area contributed by atoms with Gasteiger partial charge in [0.15, 0.2) is 5.76 Å². The van der Waals surface area contributed by atoms with E-state index in [0.717, 1.165) is 12.1 Å². The first-order valence-electron chi connectivity index (χ1n) is 5.63. The van der Waals surface area contributed by atoms with Crippen LogP contribution in [0.25, 0.3) is 0 Å². The van der Waals surface area contributed by atoms with E-state index in [-0.39, 0.29) is 21.6 Å². The first kappa shape index (κ1) is 15.5. The van der Waals surface area contributed by atoms with E-state index in [4.69, 9.17) is 16.0 Å². The van der Waals surface area contributed by atoms with Gasteiger partial charge in [-0.1, -0.05) is 11.6 Å². The largest absolute Gasteiger partial charge is 0.438 e. The molecule has 9 heteroatoms. The Kier molecular flexibility index (Phi) is 4.31. The number of nitrogens with one attached hydrogen (secondary N) is 2. The number of carbonyl (C=O) groups excluding carboxylic acids is 1. The van der Waals surface area contributed by atoms with Gasteiger partial charge in [-0.15, -0.1) is 0 Å². The van der Waals surface area contributed by atoms with Crippen LogP contribution in [-0.4, -0.2) is 21.4 Å². The van der Waals surface area contributed by atoms with E-state index >= 15 is 0 Å². The normalized spacial score (nSPS) is 11.4. The molecule has 1 aromatic heterocycles. The SMILES string of the molecule is CNS(=O)(=O)c1ccc(C(=O)Nc2ccc(F)c(Cl)c2)o1. The molecule has 0 aliphatic carbocycles. The molecule has 0 radical (unpaired) electrons. The molecule has 21 heavy (non-hydrogen) atoms. The molecule has 1 amide bonds. The van der Waals surface area contributed by atoms with Crippen LogP contribution in [0, 0.1) is 5.82 Å². The summed E-state index contributed by atoms with van der Waals surface area (Å²) in [6.45, 7) is 0. The summed E-state index contributed by atoms with van der Waals surface area (Å²) < 4.78 is 43.0. The highest BCUT2D eigenvalue weighted by molar-refractivity contribution is 7.89. The number of sulfonamides is 1. The van der Waals surface area contributed by atoms with E-state index < -0.39 is 21.7 Å². The maximum absolute atomic E-state index is 13.0. The zero-order valence-electron chi connectivity index (χ0n) is 10.7. The van der Waals surface area contributed by atoms with Gasteiger partial charge in [0.1, 0.15) is 5.82 Å². The predicted molar refractivity (Wildman–Crippen MR) is 74.3 cm³/mol. The summed E-state index contributed by atoms with van der Waals surface area (Å²) in [5.41, 5.74) is 0.251. The number of furan rings is 1. The molecule has 0 unspecified atom stereocenters. The number of amides is 1. The summed E-state index contributed by atoms with van der Waals surface area (Å²) in [7, 11) is -2.54. The van der Waals surface area contributed by atoms with E-state index in [1.807, 2.05) is 0 Å². The molecule has 6 nitrogen and oxygen atoms in total. The molecular weight excluding hydrogens is 323 g/mol. The van der Waals surface area contributed by atoms with Crippen molar-refractivity contribution in [2.24, 2.45) is 0 Å². The molecule has 0 spiro atoms. The third kappa shape index (κ3) is 3.41. The molecule has 2 N–H and O–H groups in total. The fraction of sp³-hybridized carbons (Fsp3) is 0.0833. The average molecular weight is 333 g/mol. The molecule has 1 heterocycles. The van der Waals surface area contributed by atoms with Crippen molar-refractivity contribution in [1.82, 2.24) is 4.72 Å². The molecule has 2 rings (SSSR count). The van der Waals surface area contributed by atoms with Crippen LogP contribution in [0.1, 0.15) is 10.6 Å². The Bertz CT molecular complexity index is 788. The van der Waals surface area contributed by atoms with Gasteiger partial charge in [-0.25, -0.2) is 17.5 Å². The number of benzene rings is 1. The lowest BCUT2D eigenvalue weighted by Gasteiger charge is -2.04. The molecule has 2 aromatic rings. The highest BCUT2D eigenvalue weighted by Gasteiger charge is 2.19. The lowest BCUT2D eigenvalue weighted by molar-refractivity contribution is 0.0991. The summed E-state index contributed by atoms with van der Waals surface area (Å²) >= 11 is 5.59. The molecule has 0 aliphatic rings. The molecule has 112 valence electrons. The second kappa shape index (κ2) is 5.84. The minimum Gasteiger partial charge on any atom is -0.438 e. The van der Waals surface area contributed by atoms with E-state index in [0.29, 0.717) is 0 Å². The highest BCUT2D eigenvalue weighted by Crippen LogP contribution is 2.20. The number of hydrogen-bond donors (Lipinski definition) is 2. The molecule has 0 atom stereocenters. The Hall–Kier alpha value is -1.90. The summed E-state index contributed by atoms with van der Waals surface area (Å²) in [4.78, 5) is 11.9. The lowest BCUT2D eigenvalue weighted by atomic mass is 10.3. The van der Waals surface area contributed by atoms with Crippen LogP contribution < -0.4 is 10.0 Å². The van der Waals surface area contributed by atoms with Gasteiger partial charge in [-0.3, -0.25) is 4.79 Å². The van der Waals surface area contributed by atoms with E-state index in [1.165, 1.54) is 25.2 Å². The van der Waals surface area contributed by atoms with Gasteiger partial charge in [0, 0.05) is 5.69 Å². The highest BCUT2D eigenvalue weighted by atomic mass is 35.5. The van der Waals surface area contributed by atoms with E-state index in [9.17, 15) is 17.6 Å². The van der Waals surface area contributed by atoms with Crippen LogP contribution in [0.4, 0.5) is 10.1 Å². The summed E-state index contributed by atoms with van der Waals surface area (Å²) in [5, 5.41) is 1.88. The fourth-order valence-electron chi connectivity index (χ4n) is 1.45. The van der Waals surface area contributed by atoms with Gasteiger partial charge in [0.2, 0.25) is 5.09 Å². The summed E-state index contributed by atoms with van der Waals surface area (Å²) in [5.74, 6) is -1.51. The van der Waals surface area contributed by atoms with Crippen LogP contribution in [0.15, 0.2) is 39.8 Å². The number of anilines is 1. The van der Waals surface area contributed by atoms with Crippen molar-refractivity contribution in [1.29, 1.82) is 0 Å². The van der Waals surface area contributed by atoms with Crippen molar-refractivity contribution in [3.8, 4) is 0 Å². The van der Waals surface area contributed by atoms with Crippen LogP contribution >= 0.6 is 11.6 Å². The van der Waals surface area contributed by atoms with E-state index in [1.54, 1.807) is 0 Å².